The summed E-state index contributed by atoms with van der Waals surface area (Å²) in [4.78, 5) is 29.3. The summed E-state index contributed by atoms with van der Waals surface area (Å²) >= 11 is 5.91. The fourth-order valence-corrected chi connectivity index (χ4v) is 4.27. The highest BCUT2D eigenvalue weighted by Gasteiger charge is 2.34. The van der Waals surface area contributed by atoms with Gasteiger partial charge in [-0.25, -0.2) is 0 Å². The highest BCUT2D eigenvalue weighted by Crippen LogP contribution is 2.24. The fourth-order valence-electron chi connectivity index (χ4n) is 4.15. The molecule has 1 aromatic rings. The van der Waals surface area contributed by atoms with Crippen LogP contribution in [0, 0.1) is 0 Å². The summed E-state index contributed by atoms with van der Waals surface area (Å²) in [5, 5.41) is 0.672. The summed E-state index contributed by atoms with van der Waals surface area (Å²) in [5.74, 6) is 0.168. The number of amides is 2. The lowest BCUT2D eigenvalue weighted by atomic mass is 9.97. The molecule has 2 aliphatic rings. The SMILES string of the molecule is COCC(=O)N(C1CCOCC1)C1CCN(C(=O)Cc2ccc(Cl)cc2)CC1. The van der Waals surface area contributed by atoms with Crippen molar-refractivity contribution in [2.75, 3.05) is 40.0 Å². The molecule has 2 heterocycles. The third-order valence-electron chi connectivity index (χ3n) is 5.62. The number of nitrogens with zero attached hydrogens (tertiary/aromatic N) is 2. The van der Waals surface area contributed by atoms with Crippen LogP contribution in [0.2, 0.25) is 5.02 Å². The lowest BCUT2D eigenvalue weighted by molar-refractivity contribution is -0.144. The minimum Gasteiger partial charge on any atom is -0.381 e. The van der Waals surface area contributed by atoms with Crippen molar-refractivity contribution in [3.63, 3.8) is 0 Å². The van der Waals surface area contributed by atoms with E-state index in [0.29, 0.717) is 37.7 Å². The predicted octanol–water partition coefficient (Wildman–Crippen LogP) is 2.53. The first-order valence-corrected chi connectivity index (χ1v) is 10.4. The van der Waals surface area contributed by atoms with Gasteiger partial charge in [-0.3, -0.25) is 9.59 Å². The van der Waals surface area contributed by atoms with Crippen molar-refractivity contribution in [1.82, 2.24) is 9.80 Å². The van der Waals surface area contributed by atoms with Crippen LogP contribution < -0.4 is 0 Å². The first kappa shape index (κ1) is 21.1. The van der Waals surface area contributed by atoms with Crippen molar-refractivity contribution in [3.8, 4) is 0 Å². The molecular weight excluding hydrogens is 380 g/mol. The van der Waals surface area contributed by atoms with Gasteiger partial charge in [-0.1, -0.05) is 23.7 Å². The number of likely N-dealkylation sites (tertiary alicyclic amines) is 1. The third-order valence-corrected chi connectivity index (χ3v) is 5.87. The van der Waals surface area contributed by atoms with Gasteiger partial charge in [0.25, 0.3) is 0 Å². The summed E-state index contributed by atoms with van der Waals surface area (Å²) in [7, 11) is 1.55. The fraction of sp³-hybridized carbons (Fsp3) is 0.619. The van der Waals surface area contributed by atoms with Crippen LogP contribution in [0.1, 0.15) is 31.2 Å². The number of hydrogen-bond donors (Lipinski definition) is 0. The Morgan fingerprint density at radius 2 is 1.71 bits per heavy atom. The minimum atomic E-state index is 0.0420. The van der Waals surface area contributed by atoms with Gasteiger partial charge in [0.2, 0.25) is 11.8 Å². The molecule has 0 aliphatic carbocycles. The molecule has 2 saturated heterocycles. The van der Waals surface area contributed by atoms with Crippen molar-refractivity contribution in [2.24, 2.45) is 0 Å². The second-order valence-corrected chi connectivity index (χ2v) is 7.93. The molecule has 154 valence electrons. The molecule has 0 unspecified atom stereocenters. The lowest BCUT2D eigenvalue weighted by Crippen LogP contribution is -2.54. The van der Waals surface area contributed by atoms with Crippen LogP contribution in [-0.4, -0.2) is 73.7 Å². The zero-order chi connectivity index (χ0) is 19.9. The van der Waals surface area contributed by atoms with Gasteiger partial charge >= 0.3 is 0 Å². The molecule has 0 bridgehead atoms. The molecule has 0 radical (unpaired) electrons. The monoisotopic (exact) mass is 408 g/mol. The van der Waals surface area contributed by atoms with Gasteiger partial charge in [0.1, 0.15) is 6.61 Å². The number of ether oxygens (including phenoxy) is 2. The molecule has 0 spiro atoms. The number of carbonyl (C=O) groups is 2. The van der Waals surface area contributed by atoms with Crippen molar-refractivity contribution < 1.29 is 19.1 Å². The van der Waals surface area contributed by atoms with Crippen LogP contribution in [0.4, 0.5) is 0 Å². The summed E-state index contributed by atoms with van der Waals surface area (Å²) in [6, 6.07) is 7.77. The molecular formula is C21H29ClN2O4. The zero-order valence-electron chi connectivity index (χ0n) is 16.4. The van der Waals surface area contributed by atoms with E-state index < -0.39 is 0 Å². The quantitative estimate of drug-likeness (QED) is 0.725. The Kier molecular flexibility index (Phi) is 7.71. The van der Waals surface area contributed by atoms with E-state index in [-0.39, 0.29) is 30.5 Å². The van der Waals surface area contributed by atoms with Crippen molar-refractivity contribution >= 4 is 23.4 Å². The van der Waals surface area contributed by atoms with Gasteiger partial charge in [0.05, 0.1) is 6.42 Å². The Hall–Kier alpha value is -1.63. The Morgan fingerprint density at radius 1 is 1.11 bits per heavy atom. The van der Waals surface area contributed by atoms with Crippen LogP contribution in [0.3, 0.4) is 0 Å². The van der Waals surface area contributed by atoms with E-state index in [1.807, 2.05) is 34.1 Å². The molecule has 2 fully saturated rings. The third kappa shape index (κ3) is 5.46. The van der Waals surface area contributed by atoms with Gasteiger partial charge in [0.15, 0.2) is 0 Å². The molecule has 1 aromatic carbocycles. The minimum absolute atomic E-state index is 0.0420. The Labute approximate surface area is 171 Å². The number of hydrogen-bond acceptors (Lipinski definition) is 4. The van der Waals surface area contributed by atoms with E-state index in [1.54, 1.807) is 7.11 Å². The number of benzene rings is 1. The molecule has 6 nitrogen and oxygen atoms in total. The zero-order valence-corrected chi connectivity index (χ0v) is 17.2. The maximum atomic E-state index is 12.7. The van der Waals surface area contributed by atoms with Crippen LogP contribution in [0.25, 0.3) is 0 Å². The van der Waals surface area contributed by atoms with E-state index in [0.717, 1.165) is 31.2 Å². The predicted molar refractivity (Wildman–Crippen MR) is 107 cm³/mol. The van der Waals surface area contributed by atoms with Crippen LogP contribution in [0.5, 0.6) is 0 Å². The topological polar surface area (TPSA) is 59.1 Å². The van der Waals surface area contributed by atoms with Crippen molar-refractivity contribution in [1.29, 1.82) is 0 Å². The standard InChI is InChI=1S/C21H29ClN2O4/c1-27-15-21(26)24(19-8-12-28-13-9-19)18-6-10-23(11-7-18)20(25)14-16-2-4-17(22)5-3-16/h2-5,18-19H,6-15H2,1H3. The second-order valence-electron chi connectivity index (χ2n) is 7.49. The first-order valence-electron chi connectivity index (χ1n) is 9.98. The van der Waals surface area contributed by atoms with Crippen LogP contribution in [0.15, 0.2) is 24.3 Å². The Bertz CT molecular complexity index is 653. The molecule has 2 aliphatic heterocycles. The van der Waals surface area contributed by atoms with Crippen molar-refractivity contribution in [3.05, 3.63) is 34.9 Å². The number of methoxy groups -OCH3 is 1. The first-order chi connectivity index (χ1) is 13.6. The van der Waals surface area contributed by atoms with Gasteiger partial charge in [0, 0.05) is 50.5 Å². The van der Waals surface area contributed by atoms with E-state index >= 15 is 0 Å². The average molecular weight is 409 g/mol. The number of piperidine rings is 1. The van der Waals surface area contributed by atoms with Crippen LogP contribution in [-0.2, 0) is 25.5 Å². The molecule has 0 saturated carbocycles. The van der Waals surface area contributed by atoms with E-state index in [9.17, 15) is 9.59 Å². The Balaban J connectivity index is 1.57. The number of carbonyl (C=O) groups excluding carboxylic acids is 2. The second kappa shape index (κ2) is 10.2. The van der Waals surface area contributed by atoms with Gasteiger partial charge in [-0.05, 0) is 43.4 Å². The van der Waals surface area contributed by atoms with E-state index in [2.05, 4.69) is 0 Å². The van der Waals surface area contributed by atoms with Crippen molar-refractivity contribution in [2.45, 2.75) is 44.2 Å². The largest absolute Gasteiger partial charge is 0.381 e. The molecule has 0 N–H and O–H groups in total. The van der Waals surface area contributed by atoms with E-state index in [4.69, 9.17) is 21.1 Å². The normalized spacial score (nSPS) is 18.9. The summed E-state index contributed by atoms with van der Waals surface area (Å²) in [6.07, 6.45) is 3.72. The maximum Gasteiger partial charge on any atom is 0.249 e. The summed E-state index contributed by atoms with van der Waals surface area (Å²) in [6.45, 7) is 2.85. The maximum absolute atomic E-state index is 12.7. The van der Waals surface area contributed by atoms with Gasteiger partial charge in [-0.15, -0.1) is 0 Å². The lowest BCUT2D eigenvalue weighted by Gasteiger charge is -2.43. The van der Waals surface area contributed by atoms with Gasteiger partial charge < -0.3 is 19.3 Å². The molecule has 7 heteroatoms. The Morgan fingerprint density at radius 3 is 2.32 bits per heavy atom. The molecule has 3 rings (SSSR count). The summed E-state index contributed by atoms with van der Waals surface area (Å²) in [5.41, 5.74) is 0.968. The molecule has 0 atom stereocenters. The smallest absolute Gasteiger partial charge is 0.249 e. The number of halogens is 1. The number of rotatable bonds is 6. The highest BCUT2D eigenvalue weighted by atomic mass is 35.5. The highest BCUT2D eigenvalue weighted by molar-refractivity contribution is 6.30. The van der Waals surface area contributed by atoms with Crippen LogP contribution >= 0.6 is 11.6 Å². The molecule has 0 aromatic heterocycles. The molecule has 28 heavy (non-hydrogen) atoms. The molecule has 2 amide bonds. The average Bonchev–Trinajstić information content (AvgIpc) is 2.71. The van der Waals surface area contributed by atoms with E-state index in [1.165, 1.54) is 0 Å². The summed E-state index contributed by atoms with van der Waals surface area (Å²) < 4.78 is 10.6. The van der Waals surface area contributed by atoms with Gasteiger partial charge in [-0.2, -0.15) is 0 Å².